The van der Waals surface area contributed by atoms with Gasteiger partial charge in [0.1, 0.15) is 11.4 Å². The molecule has 1 aliphatic carbocycles. The zero-order chi connectivity index (χ0) is 19.6. The number of pyridine rings is 2. The fourth-order valence-corrected chi connectivity index (χ4v) is 4.47. The molecule has 6 heteroatoms. The predicted molar refractivity (Wildman–Crippen MR) is 105 cm³/mol. The van der Waals surface area contributed by atoms with E-state index in [2.05, 4.69) is 0 Å². The number of benzene rings is 1. The first-order valence-corrected chi connectivity index (χ1v) is 9.47. The number of aliphatic hydroxyl groups is 1. The third-order valence-corrected chi connectivity index (χ3v) is 6.09. The van der Waals surface area contributed by atoms with Crippen molar-refractivity contribution in [3.63, 3.8) is 0 Å². The first-order valence-electron chi connectivity index (χ1n) is 9.47. The highest BCUT2D eigenvalue weighted by atomic mass is 16.5. The van der Waals surface area contributed by atoms with Gasteiger partial charge in [-0.3, -0.25) is 9.59 Å². The Bertz CT molecular complexity index is 1230. The highest BCUT2D eigenvalue weighted by Crippen LogP contribution is 2.39. The third kappa shape index (κ3) is 2.15. The van der Waals surface area contributed by atoms with Crippen LogP contribution in [0.5, 0.6) is 5.75 Å². The molecule has 6 nitrogen and oxygen atoms in total. The normalized spacial score (nSPS) is 20.0. The Hall–Kier alpha value is -2.99. The maximum atomic E-state index is 13.2. The van der Waals surface area contributed by atoms with Crippen LogP contribution < -0.4 is 10.3 Å². The van der Waals surface area contributed by atoms with Crippen molar-refractivity contribution >= 4 is 16.7 Å². The number of Topliss-reactive ketones (excluding diaryl/α,β-unsaturated/α-hetero) is 1. The molecule has 0 radical (unpaired) electrons. The molecule has 1 N–H and O–H groups in total. The molecule has 0 unspecified atom stereocenters. The van der Waals surface area contributed by atoms with Crippen molar-refractivity contribution in [2.45, 2.75) is 38.3 Å². The van der Waals surface area contributed by atoms with E-state index in [0.29, 0.717) is 29.8 Å². The van der Waals surface area contributed by atoms with Crippen molar-refractivity contribution in [1.29, 1.82) is 0 Å². The van der Waals surface area contributed by atoms with Gasteiger partial charge in [0.25, 0.3) is 5.56 Å². The van der Waals surface area contributed by atoms with Crippen LogP contribution in [0.3, 0.4) is 0 Å². The van der Waals surface area contributed by atoms with Gasteiger partial charge in [-0.2, -0.15) is 0 Å². The van der Waals surface area contributed by atoms with Gasteiger partial charge in [-0.25, -0.2) is 4.98 Å². The topological polar surface area (TPSA) is 81.4 Å². The van der Waals surface area contributed by atoms with Gasteiger partial charge in [0.15, 0.2) is 5.78 Å². The molecule has 1 aromatic carbocycles. The molecule has 0 saturated heterocycles. The summed E-state index contributed by atoms with van der Waals surface area (Å²) in [6.45, 7) is 2.21. The van der Waals surface area contributed by atoms with Crippen LogP contribution >= 0.6 is 0 Å². The molecule has 0 fully saturated rings. The van der Waals surface area contributed by atoms with Gasteiger partial charge >= 0.3 is 0 Å². The number of hydrogen-bond donors (Lipinski definition) is 1. The maximum absolute atomic E-state index is 13.2. The van der Waals surface area contributed by atoms with E-state index in [0.717, 1.165) is 27.9 Å². The summed E-state index contributed by atoms with van der Waals surface area (Å²) in [6.07, 6.45) is 0.818. The largest absolute Gasteiger partial charge is 0.497 e. The average Bonchev–Trinajstić information content (AvgIpc) is 3.07. The summed E-state index contributed by atoms with van der Waals surface area (Å²) in [5, 5.41) is 11.9. The van der Waals surface area contributed by atoms with E-state index in [1.54, 1.807) is 24.7 Å². The monoisotopic (exact) mass is 376 g/mol. The smallest absolute Gasteiger partial charge is 0.254 e. The van der Waals surface area contributed by atoms with Gasteiger partial charge in [-0.15, -0.1) is 0 Å². The summed E-state index contributed by atoms with van der Waals surface area (Å²) >= 11 is 0. The van der Waals surface area contributed by atoms with Crippen LogP contribution in [0.15, 0.2) is 35.1 Å². The lowest BCUT2D eigenvalue weighted by Gasteiger charge is -2.32. The van der Waals surface area contributed by atoms with Crippen LogP contribution in [0.4, 0.5) is 0 Å². The molecule has 3 aromatic rings. The lowest BCUT2D eigenvalue weighted by atomic mass is 9.77. The van der Waals surface area contributed by atoms with Gasteiger partial charge < -0.3 is 14.4 Å². The zero-order valence-corrected chi connectivity index (χ0v) is 15.8. The summed E-state index contributed by atoms with van der Waals surface area (Å²) < 4.78 is 7.00. The number of rotatable bonds is 2. The molecule has 1 atom stereocenters. The molecule has 0 spiro atoms. The highest BCUT2D eigenvalue weighted by Gasteiger charge is 2.43. The van der Waals surface area contributed by atoms with Gasteiger partial charge in [0.05, 0.1) is 30.6 Å². The second-order valence-corrected chi connectivity index (χ2v) is 7.50. The highest BCUT2D eigenvalue weighted by molar-refractivity contribution is 5.91. The molecule has 3 heterocycles. The van der Waals surface area contributed by atoms with Crippen LogP contribution in [-0.2, 0) is 23.4 Å². The Kier molecular flexibility index (Phi) is 3.52. The fourth-order valence-electron chi connectivity index (χ4n) is 4.47. The van der Waals surface area contributed by atoms with Gasteiger partial charge in [0.2, 0.25) is 0 Å². The average molecular weight is 376 g/mol. The number of carbonyl (C=O) groups is 1. The van der Waals surface area contributed by atoms with Crippen molar-refractivity contribution in [3.8, 4) is 17.1 Å². The van der Waals surface area contributed by atoms with E-state index in [-0.39, 0.29) is 24.2 Å². The number of ketones is 1. The summed E-state index contributed by atoms with van der Waals surface area (Å²) in [6, 6.07) is 9.49. The van der Waals surface area contributed by atoms with E-state index >= 15 is 0 Å². The first kappa shape index (κ1) is 17.1. The number of carbonyl (C=O) groups excluding carboxylic acids is 1. The second-order valence-electron chi connectivity index (χ2n) is 7.50. The van der Waals surface area contributed by atoms with Crippen LogP contribution in [0.25, 0.3) is 22.3 Å². The van der Waals surface area contributed by atoms with Crippen LogP contribution in [0, 0.1) is 0 Å². The molecule has 0 bridgehead atoms. The molecule has 1 aliphatic heterocycles. The molecular weight excluding hydrogens is 356 g/mol. The standard InChI is InChI=1S/C22H20N2O4/c1-3-22(27)16-10-18-20-13(8-12-9-14(28-2)4-6-17(12)23-20)11-24(18)21(26)15(16)5-7-19(22)25/h4,6,8-10,27H,3,5,7,11H2,1-2H3/t22-/m0/s1. The van der Waals surface area contributed by atoms with Gasteiger partial charge in [0, 0.05) is 28.5 Å². The van der Waals surface area contributed by atoms with Crippen molar-refractivity contribution in [3.05, 3.63) is 57.4 Å². The number of nitrogens with zero attached hydrogens (tertiary/aromatic N) is 2. The Morgan fingerprint density at radius 1 is 1.21 bits per heavy atom. The number of aromatic nitrogens is 2. The quantitative estimate of drug-likeness (QED) is 0.581. The maximum Gasteiger partial charge on any atom is 0.254 e. The number of ether oxygens (including phenoxy) is 1. The molecular formula is C22H20N2O4. The summed E-state index contributed by atoms with van der Waals surface area (Å²) in [5.41, 5.74) is 2.43. The Morgan fingerprint density at radius 3 is 2.79 bits per heavy atom. The lowest BCUT2D eigenvalue weighted by molar-refractivity contribution is -0.140. The van der Waals surface area contributed by atoms with Crippen molar-refractivity contribution in [1.82, 2.24) is 9.55 Å². The Labute approximate surface area is 161 Å². The van der Waals surface area contributed by atoms with Crippen LogP contribution in [0.1, 0.15) is 36.5 Å². The minimum atomic E-state index is -1.59. The van der Waals surface area contributed by atoms with E-state index in [9.17, 15) is 14.7 Å². The summed E-state index contributed by atoms with van der Waals surface area (Å²) in [7, 11) is 1.62. The number of methoxy groups -OCH3 is 1. The molecule has 5 rings (SSSR count). The molecule has 2 aromatic heterocycles. The molecule has 0 saturated carbocycles. The van der Waals surface area contributed by atoms with Crippen LogP contribution in [0.2, 0.25) is 0 Å². The number of fused-ring (bicyclic) bond motifs is 5. The number of hydrogen-bond acceptors (Lipinski definition) is 5. The minimum Gasteiger partial charge on any atom is -0.497 e. The van der Waals surface area contributed by atoms with Crippen molar-refractivity contribution in [2.24, 2.45) is 0 Å². The van der Waals surface area contributed by atoms with Gasteiger partial charge in [-0.1, -0.05) is 6.92 Å². The van der Waals surface area contributed by atoms with E-state index < -0.39 is 5.60 Å². The Balaban J connectivity index is 1.76. The third-order valence-electron chi connectivity index (χ3n) is 6.09. The molecule has 28 heavy (non-hydrogen) atoms. The molecule has 142 valence electrons. The predicted octanol–water partition coefficient (Wildman–Crippen LogP) is 2.55. The molecule has 2 aliphatic rings. The lowest BCUT2D eigenvalue weighted by Crippen LogP contribution is -2.43. The van der Waals surface area contributed by atoms with E-state index in [4.69, 9.17) is 9.72 Å². The fraction of sp³-hybridized carbons (Fsp3) is 0.318. The second kappa shape index (κ2) is 5.75. The zero-order valence-electron chi connectivity index (χ0n) is 15.8. The van der Waals surface area contributed by atoms with Gasteiger partial charge in [-0.05, 0) is 43.2 Å². The van der Waals surface area contributed by atoms with E-state index in [1.165, 1.54) is 0 Å². The molecule has 0 amide bonds. The van der Waals surface area contributed by atoms with E-state index in [1.807, 2.05) is 24.3 Å². The SMILES string of the molecule is CC[C@@]1(O)C(=O)CCc2c1cc1n(c2=O)Cc2cc3cc(OC)ccc3nc2-1. The van der Waals surface area contributed by atoms with Crippen molar-refractivity contribution in [2.75, 3.05) is 7.11 Å². The first-order chi connectivity index (χ1) is 13.5. The summed E-state index contributed by atoms with van der Waals surface area (Å²) in [4.78, 5) is 30.4. The summed E-state index contributed by atoms with van der Waals surface area (Å²) in [5.74, 6) is 0.535. The minimum absolute atomic E-state index is 0.133. The van der Waals surface area contributed by atoms with Crippen molar-refractivity contribution < 1.29 is 14.6 Å². The van der Waals surface area contributed by atoms with Crippen LogP contribution in [-0.4, -0.2) is 27.6 Å². The Morgan fingerprint density at radius 2 is 2.04 bits per heavy atom.